The molecule has 0 saturated carbocycles. The highest BCUT2D eigenvalue weighted by atomic mass is 79.9. The summed E-state index contributed by atoms with van der Waals surface area (Å²) in [5.74, 6) is 0.134. The van der Waals surface area contributed by atoms with Gasteiger partial charge in [-0.05, 0) is 38.8 Å². The quantitative estimate of drug-likeness (QED) is 0.778. The van der Waals surface area contributed by atoms with Crippen LogP contribution in [0.25, 0.3) is 0 Å². The molecule has 0 unspecified atom stereocenters. The largest absolute Gasteiger partial charge is 0.335 e. The molecule has 0 saturated heterocycles. The zero-order valence-corrected chi connectivity index (χ0v) is 12.5. The van der Waals surface area contributed by atoms with Crippen LogP contribution in [0, 0.1) is 13.8 Å². The number of hydrogen-bond donors (Lipinski definition) is 0. The number of carbonyl (C=O) groups excluding carboxylic acids is 1. The molecule has 0 aliphatic carbocycles. The Hall–Kier alpha value is -0.830. The first-order valence-electron chi connectivity index (χ1n) is 5.92. The highest BCUT2D eigenvalue weighted by molar-refractivity contribution is 9.09. The summed E-state index contributed by atoms with van der Waals surface area (Å²) < 4.78 is 0. The standard InChI is InChI=1S/C14H20BrNO/c1-10(2)16(9-8-15)14(17)13-11(3)6-5-7-12(13)4/h5-7,10H,8-9H2,1-4H3. The molecule has 0 heterocycles. The third-order valence-electron chi connectivity index (χ3n) is 2.90. The number of halogens is 1. The molecule has 0 spiro atoms. The summed E-state index contributed by atoms with van der Waals surface area (Å²) in [5, 5.41) is 0.807. The Morgan fingerprint density at radius 1 is 1.29 bits per heavy atom. The Balaban J connectivity index is 3.09. The van der Waals surface area contributed by atoms with Gasteiger partial charge in [-0.3, -0.25) is 4.79 Å². The molecule has 0 fully saturated rings. The number of nitrogens with zero attached hydrogens (tertiary/aromatic N) is 1. The van der Waals surface area contributed by atoms with Crippen LogP contribution in [0.5, 0.6) is 0 Å². The van der Waals surface area contributed by atoms with Crippen LogP contribution in [-0.4, -0.2) is 28.7 Å². The Morgan fingerprint density at radius 2 is 1.82 bits per heavy atom. The van der Waals surface area contributed by atoms with Gasteiger partial charge in [0.25, 0.3) is 5.91 Å². The molecule has 2 nitrogen and oxygen atoms in total. The number of rotatable bonds is 4. The zero-order chi connectivity index (χ0) is 13.0. The predicted molar refractivity (Wildman–Crippen MR) is 75.9 cm³/mol. The van der Waals surface area contributed by atoms with E-state index in [0.29, 0.717) is 0 Å². The van der Waals surface area contributed by atoms with Crippen molar-refractivity contribution < 1.29 is 4.79 Å². The van der Waals surface area contributed by atoms with Crippen molar-refractivity contribution in [3.05, 3.63) is 34.9 Å². The highest BCUT2D eigenvalue weighted by Gasteiger charge is 2.20. The van der Waals surface area contributed by atoms with Crippen LogP contribution in [0.2, 0.25) is 0 Å². The van der Waals surface area contributed by atoms with E-state index in [1.807, 2.05) is 50.8 Å². The van der Waals surface area contributed by atoms with Gasteiger partial charge in [-0.1, -0.05) is 34.1 Å². The third kappa shape index (κ3) is 3.32. The normalized spacial score (nSPS) is 10.7. The predicted octanol–water partition coefficient (Wildman–Crippen LogP) is 3.55. The van der Waals surface area contributed by atoms with Gasteiger partial charge in [-0.25, -0.2) is 0 Å². The molecule has 0 atom stereocenters. The van der Waals surface area contributed by atoms with E-state index in [1.54, 1.807) is 0 Å². The average molecular weight is 298 g/mol. The lowest BCUT2D eigenvalue weighted by Crippen LogP contribution is -2.39. The lowest BCUT2D eigenvalue weighted by atomic mass is 10.0. The number of benzene rings is 1. The maximum absolute atomic E-state index is 12.5. The van der Waals surface area contributed by atoms with Gasteiger partial charge in [-0.15, -0.1) is 0 Å². The number of carbonyl (C=O) groups is 1. The van der Waals surface area contributed by atoms with Crippen LogP contribution in [0.3, 0.4) is 0 Å². The van der Waals surface area contributed by atoms with Gasteiger partial charge in [0.1, 0.15) is 0 Å². The van der Waals surface area contributed by atoms with Gasteiger partial charge in [-0.2, -0.15) is 0 Å². The van der Waals surface area contributed by atoms with Crippen LogP contribution < -0.4 is 0 Å². The number of alkyl halides is 1. The molecule has 3 heteroatoms. The molecule has 0 aliphatic rings. The SMILES string of the molecule is Cc1cccc(C)c1C(=O)N(CCBr)C(C)C. The van der Waals surface area contributed by atoms with Gasteiger partial charge < -0.3 is 4.90 Å². The minimum absolute atomic E-state index is 0.134. The molecule has 94 valence electrons. The van der Waals surface area contributed by atoms with Crippen molar-refractivity contribution >= 4 is 21.8 Å². The topological polar surface area (TPSA) is 20.3 Å². The Kier molecular flexibility index (Phi) is 5.19. The summed E-state index contributed by atoms with van der Waals surface area (Å²) >= 11 is 3.40. The number of aryl methyl sites for hydroxylation is 2. The third-order valence-corrected chi connectivity index (χ3v) is 3.26. The van der Waals surface area contributed by atoms with Gasteiger partial charge in [0, 0.05) is 23.5 Å². The van der Waals surface area contributed by atoms with Crippen molar-refractivity contribution in [1.82, 2.24) is 4.90 Å². The minimum Gasteiger partial charge on any atom is -0.335 e. The van der Waals surface area contributed by atoms with Gasteiger partial charge >= 0.3 is 0 Å². The van der Waals surface area contributed by atoms with E-state index in [0.717, 1.165) is 28.6 Å². The fourth-order valence-electron chi connectivity index (χ4n) is 1.98. The second kappa shape index (κ2) is 6.20. The van der Waals surface area contributed by atoms with E-state index < -0.39 is 0 Å². The van der Waals surface area contributed by atoms with E-state index in [-0.39, 0.29) is 11.9 Å². The molecule has 0 aliphatic heterocycles. The maximum Gasteiger partial charge on any atom is 0.254 e. The molecule has 1 amide bonds. The summed E-state index contributed by atoms with van der Waals surface area (Å²) in [6, 6.07) is 6.20. The molecule has 0 bridgehead atoms. The molecule has 1 rings (SSSR count). The summed E-state index contributed by atoms with van der Waals surface area (Å²) in [4.78, 5) is 14.4. The van der Waals surface area contributed by atoms with Crippen LogP contribution in [0.15, 0.2) is 18.2 Å². The molecule has 0 radical (unpaired) electrons. The van der Waals surface area contributed by atoms with E-state index in [1.165, 1.54) is 0 Å². The molecular weight excluding hydrogens is 278 g/mol. The molecule has 1 aromatic rings. The lowest BCUT2D eigenvalue weighted by molar-refractivity contribution is 0.0718. The molecular formula is C14H20BrNO. The summed E-state index contributed by atoms with van der Waals surface area (Å²) in [6.45, 7) is 8.83. The Morgan fingerprint density at radius 3 is 2.24 bits per heavy atom. The first kappa shape index (κ1) is 14.2. The highest BCUT2D eigenvalue weighted by Crippen LogP contribution is 2.17. The first-order valence-corrected chi connectivity index (χ1v) is 7.04. The second-order valence-electron chi connectivity index (χ2n) is 4.55. The summed E-state index contributed by atoms with van der Waals surface area (Å²) in [6.07, 6.45) is 0. The van der Waals surface area contributed by atoms with Crippen molar-refractivity contribution in [2.75, 3.05) is 11.9 Å². The van der Waals surface area contributed by atoms with E-state index in [2.05, 4.69) is 15.9 Å². The monoisotopic (exact) mass is 297 g/mol. The molecule has 17 heavy (non-hydrogen) atoms. The van der Waals surface area contributed by atoms with Crippen LogP contribution in [0.4, 0.5) is 0 Å². The second-order valence-corrected chi connectivity index (χ2v) is 5.34. The summed E-state index contributed by atoms with van der Waals surface area (Å²) in [5.41, 5.74) is 2.95. The van der Waals surface area contributed by atoms with Crippen molar-refractivity contribution in [2.24, 2.45) is 0 Å². The fraction of sp³-hybridized carbons (Fsp3) is 0.500. The van der Waals surface area contributed by atoms with Crippen molar-refractivity contribution in [2.45, 2.75) is 33.7 Å². The van der Waals surface area contributed by atoms with Crippen LogP contribution >= 0.6 is 15.9 Å². The minimum atomic E-state index is 0.134. The van der Waals surface area contributed by atoms with Crippen LogP contribution in [0.1, 0.15) is 35.3 Å². The van der Waals surface area contributed by atoms with Gasteiger partial charge in [0.2, 0.25) is 0 Å². The van der Waals surface area contributed by atoms with E-state index in [4.69, 9.17) is 0 Å². The fourth-order valence-corrected chi connectivity index (χ4v) is 2.36. The summed E-state index contributed by atoms with van der Waals surface area (Å²) in [7, 11) is 0. The molecule has 1 aromatic carbocycles. The smallest absolute Gasteiger partial charge is 0.254 e. The van der Waals surface area contributed by atoms with E-state index >= 15 is 0 Å². The zero-order valence-electron chi connectivity index (χ0n) is 11.0. The van der Waals surface area contributed by atoms with Crippen molar-refractivity contribution in [3.8, 4) is 0 Å². The van der Waals surface area contributed by atoms with Crippen molar-refractivity contribution in [3.63, 3.8) is 0 Å². The number of amides is 1. The Bertz CT molecular complexity index is 381. The Labute approximate surface area is 112 Å². The van der Waals surface area contributed by atoms with Gasteiger partial charge in [0.05, 0.1) is 0 Å². The molecule has 0 N–H and O–H groups in total. The lowest BCUT2D eigenvalue weighted by Gasteiger charge is -2.27. The first-order chi connectivity index (χ1) is 7.99. The van der Waals surface area contributed by atoms with Crippen LogP contribution in [-0.2, 0) is 0 Å². The molecule has 0 aromatic heterocycles. The average Bonchev–Trinajstić information content (AvgIpc) is 2.24. The number of hydrogen-bond acceptors (Lipinski definition) is 1. The van der Waals surface area contributed by atoms with Gasteiger partial charge in [0.15, 0.2) is 0 Å². The van der Waals surface area contributed by atoms with E-state index in [9.17, 15) is 4.79 Å². The van der Waals surface area contributed by atoms with Crippen molar-refractivity contribution in [1.29, 1.82) is 0 Å². The maximum atomic E-state index is 12.5.